The summed E-state index contributed by atoms with van der Waals surface area (Å²) in [6, 6.07) is 0. The Labute approximate surface area is 88.0 Å². The third-order valence-corrected chi connectivity index (χ3v) is 2.85. The predicted molar refractivity (Wildman–Crippen MR) is 58.2 cm³/mol. The molecule has 1 saturated heterocycles. The normalized spacial score (nSPS) is 27.9. The fraction of sp³-hybridized carbons (Fsp3) is 1.00. The molecule has 0 bridgehead atoms. The molecule has 0 amide bonds. The minimum absolute atomic E-state index is 0.0198. The van der Waals surface area contributed by atoms with Crippen LogP contribution < -0.4 is 0 Å². The third-order valence-electron chi connectivity index (χ3n) is 2.85. The summed E-state index contributed by atoms with van der Waals surface area (Å²) in [5, 5.41) is 0. The SMILES string of the molecule is CCCCCCCC1COC(C)OC1. The summed E-state index contributed by atoms with van der Waals surface area (Å²) < 4.78 is 10.9. The molecule has 1 heterocycles. The van der Waals surface area contributed by atoms with Crippen molar-refractivity contribution in [2.45, 2.75) is 58.7 Å². The number of hydrogen-bond acceptors (Lipinski definition) is 2. The van der Waals surface area contributed by atoms with E-state index in [-0.39, 0.29) is 6.29 Å². The zero-order chi connectivity index (χ0) is 10.2. The zero-order valence-corrected chi connectivity index (χ0v) is 9.63. The van der Waals surface area contributed by atoms with E-state index in [2.05, 4.69) is 6.92 Å². The van der Waals surface area contributed by atoms with Crippen LogP contribution in [0.2, 0.25) is 0 Å². The molecule has 0 aromatic carbocycles. The van der Waals surface area contributed by atoms with Crippen molar-refractivity contribution in [2.75, 3.05) is 13.2 Å². The van der Waals surface area contributed by atoms with Crippen LogP contribution in [-0.4, -0.2) is 19.5 Å². The molecule has 0 spiro atoms. The van der Waals surface area contributed by atoms with Gasteiger partial charge in [0.25, 0.3) is 0 Å². The van der Waals surface area contributed by atoms with E-state index < -0.39 is 0 Å². The van der Waals surface area contributed by atoms with E-state index in [4.69, 9.17) is 9.47 Å². The van der Waals surface area contributed by atoms with E-state index in [1.54, 1.807) is 0 Å². The van der Waals surface area contributed by atoms with E-state index in [0.29, 0.717) is 5.92 Å². The molecule has 0 atom stereocenters. The fourth-order valence-corrected chi connectivity index (χ4v) is 1.84. The first kappa shape index (κ1) is 12.0. The summed E-state index contributed by atoms with van der Waals surface area (Å²) in [6.07, 6.45) is 8.11. The van der Waals surface area contributed by atoms with Crippen LogP contribution in [0.15, 0.2) is 0 Å². The Morgan fingerprint density at radius 2 is 1.64 bits per heavy atom. The summed E-state index contributed by atoms with van der Waals surface area (Å²) in [7, 11) is 0. The van der Waals surface area contributed by atoms with Crippen molar-refractivity contribution in [1.29, 1.82) is 0 Å². The highest BCUT2D eigenvalue weighted by Gasteiger charge is 2.18. The maximum absolute atomic E-state index is 5.45. The maximum atomic E-state index is 5.45. The topological polar surface area (TPSA) is 18.5 Å². The molecule has 0 aromatic rings. The van der Waals surface area contributed by atoms with Gasteiger partial charge in [-0.15, -0.1) is 0 Å². The molecule has 2 heteroatoms. The number of unbranched alkanes of at least 4 members (excludes halogenated alkanes) is 4. The molecule has 0 saturated carbocycles. The lowest BCUT2D eigenvalue weighted by Gasteiger charge is -2.27. The number of ether oxygens (including phenoxy) is 2. The van der Waals surface area contributed by atoms with Gasteiger partial charge >= 0.3 is 0 Å². The lowest BCUT2D eigenvalue weighted by Crippen LogP contribution is -2.29. The minimum Gasteiger partial charge on any atom is -0.353 e. The Kier molecular flexibility index (Phi) is 6.20. The zero-order valence-electron chi connectivity index (χ0n) is 9.63. The van der Waals surface area contributed by atoms with E-state index >= 15 is 0 Å². The Balaban J connectivity index is 1.91. The molecule has 0 aromatic heterocycles. The van der Waals surface area contributed by atoms with Crippen molar-refractivity contribution >= 4 is 0 Å². The van der Waals surface area contributed by atoms with Crippen LogP contribution in [0.5, 0.6) is 0 Å². The van der Waals surface area contributed by atoms with Gasteiger partial charge in [-0.3, -0.25) is 0 Å². The van der Waals surface area contributed by atoms with E-state index in [1.165, 1.54) is 38.5 Å². The van der Waals surface area contributed by atoms with Gasteiger partial charge in [-0.05, 0) is 13.3 Å². The van der Waals surface area contributed by atoms with Crippen LogP contribution in [0.4, 0.5) is 0 Å². The largest absolute Gasteiger partial charge is 0.353 e. The summed E-state index contributed by atoms with van der Waals surface area (Å²) >= 11 is 0. The van der Waals surface area contributed by atoms with E-state index in [1.807, 2.05) is 6.92 Å². The average molecular weight is 200 g/mol. The lowest BCUT2D eigenvalue weighted by molar-refractivity contribution is -0.191. The van der Waals surface area contributed by atoms with Crippen LogP contribution in [0.3, 0.4) is 0 Å². The van der Waals surface area contributed by atoms with E-state index in [9.17, 15) is 0 Å². The molecule has 14 heavy (non-hydrogen) atoms. The smallest absolute Gasteiger partial charge is 0.154 e. The maximum Gasteiger partial charge on any atom is 0.154 e. The first-order valence-corrected chi connectivity index (χ1v) is 6.06. The summed E-state index contributed by atoms with van der Waals surface area (Å²) in [6.45, 7) is 6.02. The molecule has 1 fully saturated rings. The third kappa shape index (κ3) is 4.97. The highest BCUT2D eigenvalue weighted by Crippen LogP contribution is 2.17. The lowest BCUT2D eigenvalue weighted by atomic mass is 10.0. The van der Waals surface area contributed by atoms with Crippen LogP contribution in [-0.2, 0) is 9.47 Å². The van der Waals surface area contributed by atoms with Crippen molar-refractivity contribution < 1.29 is 9.47 Å². The second-order valence-corrected chi connectivity index (χ2v) is 4.30. The molecule has 2 nitrogen and oxygen atoms in total. The first-order valence-electron chi connectivity index (χ1n) is 6.06. The molecule has 1 rings (SSSR count). The summed E-state index contributed by atoms with van der Waals surface area (Å²) in [5.41, 5.74) is 0. The average Bonchev–Trinajstić information content (AvgIpc) is 2.21. The molecule has 84 valence electrons. The quantitative estimate of drug-likeness (QED) is 0.612. The van der Waals surface area contributed by atoms with Gasteiger partial charge in [0.05, 0.1) is 13.2 Å². The van der Waals surface area contributed by atoms with Gasteiger partial charge < -0.3 is 9.47 Å². The Hall–Kier alpha value is -0.0800. The van der Waals surface area contributed by atoms with Gasteiger partial charge in [0.2, 0.25) is 0 Å². The van der Waals surface area contributed by atoms with Crippen molar-refractivity contribution in [2.24, 2.45) is 5.92 Å². The highest BCUT2D eigenvalue weighted by molar-refractivity contribution is 4.61. The van der Waals surface area contributed by atoms with E-state index in [0.717, 1.165) is 13.2 Å². The van der Waals surface area contributed by atoms with Crippen molar-refractivity contribution in [3.63, 3.8) is 0 Å². The molecule has 1 aliphatic rings. The minimum atomic E-state index is 0.0198. The van der Waals surface area contributed by atoms with Gasteiger partial charge in [-0.25, -0.2) is 0 Å². The Morgan fingerprint density at radius 3 is 2.29 bits per heavy atom. The molecule has 0 unspecified atom stereocenters. The molecule has 0 aliphatic carbocycles. The summed E-state index contributed by atoms with van der Waals surface area (Å²) in [5.74, 6) is 0.646. The van der Waals surface area contributed by atoms with Gasteiger partial charge in [0, 0.05) is 5.92 Å². The highest BCUT2D eigenvalue weighted by atomic mass is 16.7. The van der Waals surface area contributed by atoms with Crippen LogP contribution in [0.1, 0.15) is 52.4 Å². The second-order valence-electron chi connectivity index (χ2n) is 4.30. The van der Waals surface area contributed by atoms with Gasteiger partial charge in [0.1, 0.15) is 0 Å². The molecule has 0 N–H and O–H groups in total. The summed E-state index contributed by atoms with van der Waals surface area (Å²) in [4.78, 5) is 0. The van der Waals surface area contributed by atoms with Gasteiger partial charge in [-0.2, -0.15) is 0 Å². The van der Waals surface area contributed by atoms with Gasteiger partial charge in [0.15, 0.2) is 6.29 Å². The first-order chi connectivity index (χ1) is 6.83. The van der Waals surface area contributed by atoms with Crippen LogP contribution in [0.25, 0.3) is 0 Å². The monoisotopic (exact) mass is 200 g/mol. The Bertz CT molecular complexity index is 128. The standard InChI is InChI=1S/C12H24O2/c1-3-4-5-6-7-8-12-9-13-11(2)14-10-12/h11-12H,3-10H2,1-2H3. The second kappa shape index (κ2) is 7.24. The van der Waals surface area contributed by atoms with Gasteiger partial charge in [-0.1, -0.05) is 39.0 Å². The van der Waals surface area contributed by atoms with Crippen LogP contribution in [0, 0.1) is 5.92 Å². The fourth-order valence-electron chi connectivity index (χ4n) is 1.84. The van der Waals surface area contributed by atoms with Crippen molar-refractivity contribution in [3.8, 4) is 0 Å². The number of hydrogen-bond donors (Lipinski definition) is 0. The Morgan fingerprint density at radius 1 is 1.00 bits per heavy atom. The molecule has 1 aliphatic heterocycles. The number of rotatable bonds is 6. The molecule has 0 radical (unpaired) electrons. The predicted octanol–water partition coefficient (Wildman–Crippen LogP) is 3.36. The van der Waals surface area contributed by atoms with Crippen molar-refractivity contribution in [1.82, 2.24) is 0 Å². The molecular formula is C12H24O2. The van der Waals surface area contributed by atoms with Crippen LogP contribution >= 0.6 is 0 Å². The van der Waals surface area contributed by atoms with Crippen molar-refractivity contribution in [3.05, 3.63) is 0 Å². The molecular weight excluding hydrogens is 176 g/mol.